The summed E-state index contributed by atoms with van der Waals surface area (Å²) in [5.74, 6) is 0. The van der Waals surface area contributed by atoms with Gasteiger partial charge in [0.1, 0.15) is 5.03 Å². The maximum absolute atomic E-state index is 11.1. The standard InChI is InChI=1S/C11H12N4OS/c1-7(12)8-2-4-13-10(6-8)17-11-14-5-3-9(16)15-11/h2-7H,12H2,1H3,(H,14,15,16)/t7-/m1/s1. The molecule has 0 aliphatic carbocycles. The van der Waals surface area contributed by atoms with E-state index < -0.39 is 0 Å². The largest absolute Gasteiger partial charge is 0.324 e. The average Bonchev–Trinajstić information content (AvgIpc) is 2.29. The number of H-pyrrole nitrogens is 1. The summed E-state index contributed by atoms with van der Waals surface area (Å²) in [6.07, 6.45) is 3.17. The van der Waals surface area contributed by atoms with Crippen LogP contribution in [0, 0.1) is 0 Å². The van der Waals surface area contributed by atoms with Gasteiger partial charge in [-0.1, -0.05) is 0 Å². The summed E-state index contributed by atoms with van der Waals surface area (Å²) in [4.78, 5) is 22.0. The minimum atomic E-state index is -0.175. The van der Waals surface area contributed by atoms with Crippen molar-refractivity contribution in [2.45, 2.75) is 23.1 Å². The Bertz CT molecular complexity index is 567. The molecule has 0 radical (unpaired) electrons. The summed E-state index contributed by atoms with van der Waals surface area (Å²) in [5.41, 5.74) is 6.62. The van der Waals surface area contributed by atoms with Crippen LogP contribution in [0.4, 0.5) is 0 Å². The van der Waals surface area contributed by atoms with Gasteiger partial charge in [-0.25, -0.2) is 9.97 Å². The van der Waals surface area contributed by atoms with Crippen LogP contribution in [-0.2, 0) is 0 Å². The molecule has 6 heteroatoms. The zero-order chi connectivity index (χ0) is 12.3. The van der Waals surface area contributed by atoms with Gasteiger partial charge < -0.3 is 10.7 Å². The molecule has 2 aromatic heterocycles. The van der Waals surface area contributed by atoms with Crippen LogP contribution in [0.2, 0.25) is 0 Å². The first-order valence-corrected chi connectivity index (χ1v) is 5.91. The van der Waals surface area contributed by atoms with E-state index in [4.69, 9.17) is 5.73 Å². The van der Waals surface area contributed by atoms with Gasteiger partial charge in [0.05, 0.1) is 0 Å². The quantitative estimate of drug-likeness (QED) is 0.801. The first-order chi connectivity index (χ1) is 8.15. The monoisotopic (exact) mass is 248 g/mol. The van der Waals surface area contributed by atoms with Crippen molar-refractivity contribution in [3.63, 3.8) is 0 Å². The van der Waals surface area contributed by atoms with Crippen LogP contribution >= 0.6 is 11.8 Å². The Morgan fingerprint density at radius 3 is 2.82 bits per heavy atom. The second-order valence-corrected chi connectivity index (χ2v) is 4.57. The summed E-state index contributed by atoms with van der Waals surface area (Å²) in [6, 6.07) is 5.09. The van der Waals surface area contributed by atoms with Gasteiger partial charge in [0, 0.05) is 24.5 Å². The number of aromatic amines is 1. The molecule has 88 valence electrons. The minimum absolute atomic E-state index is 0.0415. The first kappa shape index (κ1) is 11.8. The smallest absolute Gasteiger partial charge is 0.251 e. The van der Waals surface area contributed by atoms with Gasteiger partial charge in [-0.05, 0) is 36.4 Å². The Morgan fingerprint density at radius 2 is 2.12 bits per heavy atom. The molecule has 17 heavy (non-hydrogen) atoms. The normalized spacial score (nSPS) is 12.4. The molecule has 0 bridgehead atoms. The molecule has 0 amide bonds. The summed E-state index contributed by atoms with van der Waals surface area (Å²) in [5, 5.41) is 1.28. The fourth-order valence-electron chi connectivity index (χ4n) is 1.27. The van der Waals surface area contributed by atoms with Gasteiger partial charge in [-0.3, -0.25) is 4.79 Å². The Labute approximate surface area is 103 Å². The van der Waals surface area contributed by atoms with Gasteiger partial charge in [0.15, 0.2) is 5.16 Å². The van der Waals surface area contributed by atoms with Crippen LogP contribution in [0.15, 0.2) is 45.6 Å². The lowest BCUT2D eigenvalue weighted by atomic mass is 10.1. The molecule has 0 saturated carbocycles. The predicted octanol–water partition coefficient (Wildman–Crippen LogP) is 1.34. The molecular weight excluding hydrogens is 236 g/mol. The lowest BCUT2D eigenvalue weighted by Crippen LogP contribution is -2.06. The highest BCUT2D eigenvalue weighted by Gasteiger charge is 2.04. The number of pyridine rings is 1. The number of hydrogen-bond donors (Lipinski definition) is 2. The third kappa shape index (κ3) is 3.15. The highest BCUT2D eigenvalue weighted by Crippen LogP contribution is 2.23. The molecule has 2 aromatic rings. The summed E-state index contributed by atoms with van der Waals surface area (Å²) in [7, 11) is 0. The topological polar surface area (TPSA) is 84.7 Å². The molecule has 0 aliphatic rings. The van der Waals surface area contributed by atoms with Crippen molar-refractivity contribution >= 4 is 11.8 Å². The summed E-state index contributed by atoms with van der Waals surface area (Å²) in [6.45, 7) is 1.91. The van der Waals surface area contributed by atoms with Gasteiger partial charge in [0.25, 0.3) is 5.56 Å². The van der Waals surface area contributed by atoms with E-state index in [2.05, 4.69) is 15.0 Å². The number of aromatic nitrogens is 3. The Morgan fingerprint density at radius 1 is 1.35 bits per heavy atom. The highest BCUT2D eigenvalue weighted by atomic mass is 32.2. The van der Waals surface area contributed by atoms with E-state index in [-0.39, 0.29) is 11.6 Å². The molecule has 1 atom stereocenters. The summed E-state index contributed by atoms with van der Waals surface area (Å²) >= 11 is 1.30. The second kappa shape index (κ2) is 5.11. The van der Waals surface area contributed by atoms with E-state index in [9.17, 15) is 4.79 Å². The van der Waals surface area contributed by atoms with E-state index >= 15 is 0 Å². The fraction of sp³-hybridized carbons (Fsp3) is 0.182. The molecule has 2 rings (SSSR count). The molecule has 0 aromatic carbocycles. The van der Waals surface area contributed by atoms with Gasteiger partial charge in [-0.15, -0.1) is 0 Å². The first-order valence-electron chi connectivity index (χ1n) is 5.10. The zero-order valence-corrected chi connectivity index (χ0v) is 10.1. The van der Waals surface area contributed by atoms with Crippen LogP contribution < -0.4 is 11.3 Å². The fourth-order valence-corrected chi connectivity index (χ4v) is 2.04. The van der Waals surface area contributed by atoms with Crippen molar-refractivity contribution in [3.05, 3.63) is 46.5 Å². The van der Waals surface area contributed by atoms with E-state index in [0.717, 1.165) is 10.6 Å². The minimum Gasteiger partial charge on any atom is -0.324 e. The van der Waals surface area contributed by atoms with Crippen molar-refractivity contribution in [3.8, 4) is 0 Å². The zero-order valence-electron chi connectivity index (χ0n) is 9.25. The maximum atomic E-state index is 11.1. The number of rotatable bonds is 3. The van der Waals surface area contributed by atoms with Crippen LogP contribution in [0.3, 0.4) is 0 Å². The Hall–Kier alpha value is -1.66. The van der Waals surface area contributed by atoms with Gasteiger partial charge in [0.2, 0.25) is 0 Å². The van der Waals surface area contributed by atoms with Crippen molar-refractivity contribution in [2.75, 3.05) is 0 Å². The number of nitrogens with zero attached hydrogens (tertiary/aromatic N) is 2. The highest BCUT2D eigenvalue weighted by molar-refractivity contribution is 7.99. The van der Waals surface area contributed by atoms with Crippen LogP contribution in [0.5, 0.6) is 0 Å². The summed E-state index contributed by atoms with van der Waals surface area (Å²) < 4.78 is 0. The van der Waals surface area contributed by atoms with Crippen molar-refractivity contribution < 1.29 is 0 Å². The number of hydrogen-bond acceptors (Lipinski definition) is 5. The molecule has 3 N–H and O–H groups in total. The SMILES string of the molecule is C[C@@H](N)c1ccnc(Sc2nccc(=O)[nH]2)c1. The number of nitrogens with one attached hydrogen (secondary N) is 1. The maximum Gasteiger partial charge on any atom is 0.251 e. The van der Waals surface area contributed by atoms with Gasteiger partial charge in [-0.2, -0.15) is 0 Å². The van der Waals surface area contributed by atoms with E-state index in [1.165, 1.54) is 24.0 Å². The Balaban J connectivity index is 2.24. The van der Waals surface area contributed by atoms with Crippen molar-refractivity contribution in [1.29, 1.82) is 0 Å². The van der Waals surface area contributed by atoms with Crippen LogP contribution in [-0.4, -0.2) is 15.0 Å². The predicted molar refractivity (Wildman–Crippen MR) is 65.8 cm³/mol. The lowest BCUT2D eigenvalue weighted by molar-refractivity contribution is 0.807. The lowest BCUT2D eigenvalue weighted by Gasteiger charge is -2.06. The van der Waals surface area contributed by atoms with Gasteiger partial charge >= 0.3 is 0 Å². The Kier molecular flexibility index (Phi) is 3.55. The molecular formula is C11H12N4OS. The molecule has 0 unspecified atom stereocenters. The molecule has 5 nitrogen and oxygen atoms in total. The van der Waals surface area contributed by atoms with E-state index in [0.29, 0.717) is 5.16 Å². The van der Waals surface area contributed by atoms with Crippen LogP contribution in [0.25, 0.3) is 0 Å². The van der Waals surface area contributed by atoms with Crippen molar-refractivity contribution in [1.82, 2.24) is 15.0 Å². The molecule has 0 aliphatic heterocycles. The third-order valence-electron chi connectivity index (χ3n) is 2.13. The molecule has 0 saturated heterocycles. The average molecular weight is 248 g/mol. The number of nitrogens with two attached hydrogens (primary N) is 1. The second-order valence-electron chi connectivity index (χ2n) is 3.56. The van der Waals surface area contributed by atoms with E-state index in [1.807, 2.05) is 19.1 Å². The van der Waals surface area contributed by atoms with Crippen LogP contribution in [0.1, 0.15) is 18.5 Å². The molecule has 2 heterocycles. The molecule has 0 fully saturated rings. The van der Waals surface area contributed by atoms with Crippen molar-refractivity contribution in [2.24, 2.45) is 5.73 Å². The molecule has 0 spiro atoms. The third-order valence-corrected chi connectivity index (χ3v) is 2.97. The van der Waals surface area contributed by atoms with E-state index in [1.54, 1.807) is 6.20 Å².